The van der Waals surface area contributed by atoms with Gasteiger partial charge in [0.15, 0.2) is 5.13 Å². The summed E-state index contributed by atoms with van der Waals surface area (Å²) in [6, 6.07) is -1.36. The Kier molecular flexibility index (Phi) is 4.81. The van der Waals surface area contributed by atoms with E-state index in [0.717, 1.165) is 25.0 Å². The van der Waals surface area contributed by atoms with E-state index >= 15 is 0 Å². The van der Waals surface area contributed by atoms with E-state index < -0.39 is 12.1 Å². The van der Waals surface area contributed by atoms with E-state index in [9.17, 15) is 14.4 Å². The Bertz CT molecular complexity index is 707. The molecule has 2 atom stereocenters. The molecule has 0 spiro atoms. The molecule has 136 valence electrons. The van der Waals surface area contributed by atoms with Crippen LogP contribution in [0.2, 0.25) is 0 Å². The highest BCUT2D eigenvalue weighted by Gasteiger charge is 2.31. The molecule has 0 unspecified atom stereocenters. The molecular weight excluding hydrogens is 340 g/mol. The molecule has 1 aromatic heterocycles. The van der Waals surface area contributed by atoms with Crippen LogP contribution in [0.1, 0.15) is 50.6 Å². The Balaban J connectivity index is 1.66. The molecule has 2 aliphatic rings. The average molecular weight is 364 g/mol. The van der Waals surface area contributed by atoms with Crippen LogP contribution in [0, 0.1) is 11.3 Å². The van der Waals surface area contributed by atoms with Crippen LogP contribution in [-0.2, 0) is 22.4 Å². The summed E-state index contributed by atoms with van der Waals surface area (Å²) < 4.78 is 0. The van der Waals surface area contributed by atoms with Crippen molar-refractivity contribution < 1.29 is 14.4 Å². The number of imide groups is 1. The Morgan fingerprint density at radius 2 is 2.00 bits per heavy atom. The second-order valence-electron chi connectivity index (χ2n) is 7.80. The third kappa shape index (κ3) is 4.18. The van der Waals surface area contributed by atoms with Crippen molar-refractivity contribution in [1.82, 2.24) is 15.6 Å². The molecule has 1 fully saturated rings. The minimum absolute atomic E-state index is 0.137. The molecule has 0 saturated carbocycles. The van der Waals surface area contributed by atoms with Crippen LogP contribution in [0.15, 0.2) is 0 Å². The second kappa shape index (κ2) is 6.74. The van der Waals surface area contributed by atoms with Gasteiger partial charge in [0.05, 0.1) is 5.69 Å². The maximum absolute atomic E-state index is 12.4. The number of amides is 4. The Morgan fingerprint density at radius 1 is 1.24 bits per heavy atom. The van der Waals surface area contributed by atoms with Crippen molar-refractivity contribution in [3.8, 4) is 0 Å². The number of urea groups is 1. The fourth-order valence-corrected chi connectivity index (χ4v) is 4.38. The van der Waals surface area contributed by atoms with Gasteiger partial charge in [-0.3, -0.25) is 14.9 Å². The second-order valence-corrected chi connectivity index (χ2v) is 8.88. The highest BCUT2D eigenvalue weighted by molar-refractivity contribution is 7.15. The Labute approximate surface area is 151 Å². The summed E-state index contributed by atoms with van der Waals surface area (Å²) in [5.74, 6) is -0.0868. The Hall–Kier alpha value is -1.96. The fraction of sp³-hybridized carbons (Fsp3) is 0.647. The molecule has 1 aliphatic carbocycles. The van der Waals surface area contributed by atoms with Gasteiger partial charge in [0.2, 0.25) is 11.8 Å². The first-order valence-corrected chi connectivity index (χ1v) is 9.44. The van der Waals surface area contributed by atoms with Gasteiger partial charge >= 0.3 is 6.03 Å². The highest BCUT2D eigenvalue weighted by Crippen LogP contribution is 2.40. The van der Waals surface area contributed by atoms with Gasteiger partial charge in [-0.05, 0) is 37.0 Å². The summed E-state index contributed by atoms with van der Waals surface area (Å²) in [6.07, 6.45) is 3.45. The molecule has 0 aromatic carbocycles. The van der Waals surface area contributed by atoms with Crippen molar-refractivity contribution in [2.75, 3.05) is 5.32 Å². The monoisotopic (exact) mass is 364 g/mol. The van der Waals surface area contributed by atoms with Crippen LogP contribution in [0.3, 0.4) is 0 Å². The van der Waals surface area contributed by atoms with Crippen LogP contribution >= 0.6 is 11.3 Å². The molecule has 1 saturated heterocycles. The van der Waals surface area contributed by atoms with E-state index in [0.29, 0.717) is 11.0 Å². The average Bonchev–Trinajstić information content (AvgIpc) is 2.82. The summed E-state index contributed by atoms with van der Waals surface area (Å²) in [4.78, 5) is 41.1. The number of nitrogens with one attached hydrogen (secondary N) is 3. The number of anilines is 1. The predicted molar refractivity (Wildman–Crippen MR) is 95.4 cm³/mol. The fourth-order valence-electron chi connectivity index (χ4n) is 3.29. The van der Waals surface area contributed by atoms with Crippen LogP contribution in [0.25, 0.3) is 0 Å². The van der Waals surface area contributed by atoms with Crippen LogP contribution in [-0.4, -0.2) is 28.9 Å². The zero-order valence-corrected chi connectivity index (χ0v) is 15.6. The van der Waals surface area contributed by atoms with Crippen molar-refractivity contribution in [3.05, 3.63) is 10.6 Å². The van der Waals surface area contributed by atoms with Crippen molar-refractivity contribution in [2.45, 2.75) is 58.9 Å². The summed E-state index contributed by atoms with van der Waals surface area (Å²) in [6.45, 7) is 6.78. The molecule has 2 heterocycles. The van der Waals surface area contributed by atoms with Gasteiger partial charge in [0.1, 0.15) is 6.04 Å². The number of thiazole rings is 1. The van der Waals surface area contributed by atoms with Crippen molar-refractivity contribution in [1.29, 1.82) is 0 Å². The number of carbonyl (C=O) groups is 3. The standard InChI is InChI=1S/C17H24N4O3S/c1-17(2,3)9-4-5-10-12(8-9)25-16(19-10)21-14(23)11-6-7-13(22)20-15(24)18-11/h9,11H,4-8H2,1-3H3,(H,19,21,23)(H2,18,20,22,24)/t9-,11-/m0/s1. The van der Waals surface area contributed by atoms with Crippen LogP contribution < -0.4 is 16.0 Å². The number of aromatic nitrogens is 1. The lowest BCUT2D eigenvalue weighted by molar-refractivity contribution is -0.120. The topological polar surface area (TPSA) is 100 Å². The van der Waals surface area contributed by atoms with Gasteiger partial charge in [-0.15, -0.1) is 11.3 Å². The number of carbonyl (C=O) groups excluding carboxylic acids is 3. The first kappa shape index (κ1) is 17.8. The highest BCUT2D eigenvalue weighted by atomic mass is 32.1. The zero-order valence-electron chi connectivity index (χ0n) is 14.8. The first-order valence-electron chi connectivity index (χ1n) is 8.62. The predicted octanol–water partition coefficient (Wildman–Crippen LogP) is 2.22. The van der Waals surface area contributed by atoms with Gasteiger partial charge in [-0.1, -0.05) is 20.8 Å². The van der Waals surface area contributed by atoms with Crippen molar-refractivity contribution in [3.63, 3.8) is 0 Å². The number of hydrogen-bond donors (Lipinski definition) is 3. The summed E-state index contributed by atoms with van der Waals surface area (Å²) in [5, 5.41) is 8.05. The van der Waals surface area contributed by atoms with Gasteiger partial charge in [-0.25, -0.2) is 9.78 Å². The molecule has 3 N–H and O–H groups in total. The third-order valence-electron chi connectivity index (χ3n) is 4.93. The quantitative estimate of drug-likeness (QED) is 0.749. The van der Waals surface area contributed by atoms with E-state index in [-0.39, 0.29) is 30.1 Å². The number of hydrogen-bond acceptors (Lipinski definition) is 5. The molecule has 7 nitrogen and oxygen atoms in total. The van der Waals surface area contributed by atoms with E-state index in [1.165, 1.54) is 16.2 Å². The zero-order chi connectivity index (χ0) is 18.2. The van der Waals surface area contributed by atoms with E-state index in [1.807, 2.05) is 0 Å². The third-order valence-corrected chi connectivity index (χ3v) is 5.96. The molecule has 25 heavy (non-hydrogen) atoms. The lowest BCUT2D eigenvalue weighted by Crippen LogP contribution is -2.45. The normalized spacial score (nSPS) is 24.0. The minimum atomic E-state index is -0.727. The number of fused-ring (bicyclic) bond motifs is 1. The largest absolute Gasteiger partial charge is 0.326 e. The minimum Gasteiger partial charge on any atom is -0.326 e. The smallest absolute Gasteiger partial charge is 0.322 e. The molecular formula is C17H24N4O3S. The van der Waals surface area contributed by atoms with Gasteiger partial charge in [0, 0.05) is 11.3 Å². The van der Waals surface area contributed by atoms with E-state index in [2.05, 4.69) is 41.7 Å². The first-order chi connectivity index (χ1) is 11.7. The maximum atomic E-state index is 12.4. The van der Waals surface area contributed by atoms with Crippen LogP contribution in [0.5, 0.6) is 0 Å². The number of nitrogens with zero attached hydrogens (tertiary/aromatic N) is 1. The van der Waals surface area contributed by atoms with Crippen molar-refractivity contribution >= 4 is 34.3 Å². The van der Waals surface area contributed by atoms with Gasteiger partial charge in [-0.2, -0.15) is 0 Å². The maximum Gasteiger partial charge on any atom is 0.322 e. The molecule has 3 rings (SSSR count). The molecule has 4 amide bonds. The van der Waals surface area contributed by atoms with Crippen LogP contribution in [0.4, 0.5) is 9.93 Å². The summed E-state index contributed by atoms with van der Waals surface area (Å²) in [5.41, 5.74) is 1.33. The van der Waals surface area contributed by atoms with Crippen molar-refractivity contribution in [2.24, 2.45) is 11.3 Å². The SMILES string of the molecule is CC(C)(C)[C@H]1CCc2nc(NC(=O)[C@@H]3CCC(=O)NC(=O)N3)sc2C1. The van der Waals surface area contributed by atoms with E-state index in [1.54, 1.807) is 0 Å². The molecule has 1 aliphatic heterocycles. The Morgan fingerprint density at radius 3 is 2.72 bits per heavy atom. The van der Waals surface area contributed by atoms with E-state index in [4.69, 9.17) is 0 Å². The number of aryl methyl sites for hydroxylation is 1. The summed E-state index contributed by atoms with van der Waals surface area (Å²) >= 11 is 1.52. The molecule has 0 bridgehead atoms. The molecule has 1 aromatic rings. The number of rotatable bonds is 2. The molecule has 8 heteroatoms. The lowest BCUT2D eigenvalue weighted by atomic mass is 9.73. The lowest BCUT2D eigenvalue weighted by Gasteiger charge is -2.33. The van der Waals surface area contributed by atoms with Gasteiger partial charge < -0.3 is 10.6 Å². The summed E-state index contributed by atoms with van der Waals surface area (Å²) in [7, 11) is 0. The van der Waals surface area contributed by atoms with Gasteiger partial charge in [0.25, 0.3) is 0 Å². The molecule has 0 radical (unpaired) electrons.